The highest BCUT2D eigenvalue weighted by Crippen LogP contribution is 2.36. The SMILES string of the molecule is Cc1cc(Br)c(C(N)c2c(F)cc(F)cc2F)s1. The molecule has 0 aliphatic rings. The van der Waals surface area contributed by atoms with Crippen LogP contribution in [0.15, 0.2) is 22.7 Å². The Bertz CT molecular complexity index is 574. The number of thiophene rings is 1. The van der Waals surface area contributed by atoms with E-state index in [9.17, 15) is 13.2 Å². The van der Waals surface area contributed by atoms with Crippen molar-refractivity contribution in [3.05, 3.63) is 55.4 Å². The molecular formula is C12H9BrF3NS. The predicted octanol–water partition coefficient (Wildman–Crippen LogP) is 4.28. The molecule has 1 aromatic heterocycles. The third kappa shape index (κ3) is 2.46. The lowest BCUT2D eigenvalue weighted by Gasteiger charge is -2.13. The van der Waals surface area contributed by atoms with Gasteiger partial charge in [0.1, 0.15) is 17.5 Å². The number of benzene rings is 1. The summed E-state index contributed by atoms with van der Waals surface area (Å²) >= 11 is 4.63. The Morgan fingerprint density at radius 3 is 2.17 bits per heavy atom. The molecule has 0 saturated carbocycles. The van der Waals surface area contributed by atoms with Crippen molar-refractivity contribution in [2.24, 2.45) is 5.73 Å². The van der Waals surface area contributed by atoms with E-state index in [-0.39, 0.29) is 5.56 Å². The van der Waals surface area contributed by atoms with Gasteiger partial charge in [0.05, 0.1) is 6.04 Å². The van der Waals surface area contributed by atoms with E-state index in [1.807, 2.05) is 13.0 Å². The maximum Gasteiger partial charge on any atom is 0.134 e. The van der Waals surface area contributed by atoms with Gasteiger partial charge in [0, 0.05) is 31.9 Å². The van der Waals surface area contributed by atoms with Crippen LogP contribution in [0.1, 0.15) is 21.4 Å². The molecule has 2 rings (SSSR count). The highest BCUT2D eigenvalue weighted by atomic mass is 79.9. The van der Waals surface area contributed by atoms with Crippen LogP contribution in [0.25, 0.3) is 0 Å². The Labute approximate surface area is 115 Å². The maximum absolute atomic E-state index is 13.6. The zero-order valence-corrected chi connectivity index (χ0v) is 11.7. The topological polar surface area (TPSA) is 26.0 Å². The van der Waals surface area contributed by atoms with Gasteiger partial charge in [-0.05, 0) is 28.9 Å². The van der Waals surface area contributed by atoms with E-state index in [4.69, 9.17) is 5.73 Å². The number of hydrogen-bond acceptors (Lipinski definition) is 2. The van der Waals surface area contributed by atoms with E-state index in [2.05, 4.69) is 15.9 Å². The first-order valence-corrected chi connectivity index (χ1v) is 6.67. The summed E-state index contributed by atoms with van der Waals surface area (Å²) in [5.41, 5.74) is 5.54. The Balaban J connectivity index is 2.52. The van der Waals surface area contributed by atoms with Gasteiger partial charge in [-0.3, -0.25) is 0 Å². The quantitative estimate of drug-likeness (QED) is 0.870. The summed E-state index contributed by atoms with van der Waals surface area (Å²) in [4.78, 5) is 1.58. The van der Waals surface area contributed by atoms with Gasteiger partial charge in [-0.2, -0.15) is 0 Å². The Morgan fingerprint density at radius 1 is 1.17 bits per heavy atom. The largest absolute Gasteiger partial charge is 0.319 e. The first-order valence-electron chi connectivity index (χ1n) is 5.06. The van der Waals surface area contributed by atoms with Crippen LogP contribution in [0, 0.1) is 24.4 Å². The lowest BCUT2D eigenvalue weighted by atomic mass is 10.0. The molecule has 1 nitrogen and oxygen atoms in total. The minimum Gasteiger partial charge on any atom is -0.319 e. The summed E-state index contributed by atoms with van der Waals surface area (Å²) in [6, 6.07) is 2.12. The smallest absolute Gasteiger partial charge is 0.134 e. The molecule has 0 fully saturated rings. The summed E-state index contributed by atoms with van der Waals surface area (Å²) in [6.45, 7) is 1.86. The van der Waals surface area contributed by atoms with Gasteiger partial charge < -0.3 is 5.73 Å². The van der Waals surface area contributed by atoms with E-state index in [0.29, 0.717) is 21.5 Å². The van der Waals surface area contributed by atoms with Crippen molar-refractivity contribution in [3.63, 3.8) is 0 Å². The monoisotopic (exact) mass is 335 g/mol. The van der Waals surface area contributed by atoms with E-state index in [1.165, 1.54) is 11.3 Å². The van der Waals surface area contributed by atoms with Crippen molar-refractivity contribution in [1.82, 2.24) is 0 Å². The molecule has 6 heteroatoms. The summed E-state index contributed by atoms with van der Waals surface area (Å²) < 4.78 is 40.8. The van der Waals surface area contributed by atoms with E-state index >= 15 is 0 Å². The molecule has 2 aromatic rings. The fraction of sp³-hybridized carbons (Fsp3) is 0.167. The first-order chi connectivity index (χ1) is 8.40. The third-order valence-electron chi connectivity index (χ3n) is 2.47. The van der Waals surface area contributed by atoms with Crippen molar-refractivity contribution >= 4 is 27.3 Å². The van der Waals surface area contributed by atoms with Gasteiger partial charge >= 0.3 is 0 Å². The zero-order chi connectivity index (χ0) is 13.4. The molecule has 1 atom stereocenters. The molecule has 96 valence electrons. The summed E-state index contributed by atoms with van der Waals surface area (Å²) in [5, 5.41) is 0. The van der Waals surface area contributed by atoms with Crippen molar-refractivity contribution in [3.8, 4) is 0 Å². The van der Waals surface area contributed by atoms with Crippen molar-refractivity contribution < 1.29 is 13.2 Å². The van der Waals surface area contributed by atoms with Gasteiger partial charge in [-0.25, -0.2) is 13.2 Å². The number of aryl methyl sites for hydroxylation is 1. The van der Waals surface area contributed by atoms with Crippen molar-refractivity contribution in [2.75, 3.05) is 0 Å². The molecule has 1 heterocycles. The van der Waals surface area contributed by atoms with Crippen LogP contribution in [-0.4, -0.2) is 0 Å². The lowest BCUT2D eigenvalue weighted by molar-refractivity contribution is 0.516. The first kappa shape index (κ1) is 13.6. The van der Waals surface area contributed by atoms with Gasteiger partial charge in [-0.15, -0.1) is 11.3 Å². The van der Waals surface area contributed by atoms with Crippen LogP contribution < -0.4 is 5.73 Å². The summed E-state index contributed by atoms with van der Waals surface area (Å²) in [7, 11) is 0. The summed E-state index contributed by atoms with van der Waals surface area (Å²) in [6.07, 6.45) is 0. The van der Waals surface area contributed by atoms with Crippen LogP contribution in [0.5, 0.6) is 0 Å². The molecule has 18 heavy (non-hydrogen) atoms. The minimum absolute atomic E-state index is 0.320. The van der Waals surface area contributed by atoms with Gasteiger partial charge in [0.15, 0.2) is 0 Å². The molecule has 2 N–H and O–H groups in total. The van der Waals surface area contributed by atoms with Crippen molar-refractivity contribution in [2.45, 2.75) is 13.0 Å². The van der Waals surface area contributed by atoms with Crippen LogP contribution in [0.3, 0.4) is 0 Å². The van der Waals surface area contributed by atoms with Crippen LogP contribution in [-0.2, 0) is 0 Å². The average molecular weight is 336 g/mol. The fourth-order valence-corrected chi connectivity index (χ4v) is 3.60. The lowest BCUT2D eigenvalue weighted by Crippen LogP contribution is -2.15. The highest BCUT2D eigenvalue weighted by Gasteiger charge is 2.23. The summed E-state index contributed by atoms with van der Waals surface area (Å²) in [5.74, 6) is -2.90. The molecule has 0 radical (unpaired) electrons. The Kier molecular flexibility index (Phi) is 3.79. The molecule has 0 bridgehead atoms. The zero-order valence-electron chi connectivity index (χ0n) is 9.31. The number of hydrogen-bond donors (Lipinski definition) is 1. The average Bonchev–Trinajstić information content (AvgIpc) is 2.56. The molecule has 1 aromatic carbocycles. The van der Waals surface area contributed by atoms with Crippen LogP contribution in [0.2, 0.25) is 0 Å². The van der Waals surface area contributed by atoms with Gasteiger partial charge in [0.2, 0.25) is 0 Å². The second-order valence-corrected chi connectivity index (χ2v) is 5.97. The molecule has 0 aliphatic heterocycles. The number of nitrogens with two attached hydrogens (primary N) is 1. The normalized spacial score (nSPS) is 12.8. The standard InChI is InChI=1S/C12H9BrF3NS/c1-5-2-7(13)12(18-5)11(17)10-8(15)3-6(14)4-9(10)16/h2-4,11H,17H2,1H3. The number of halogens is 4. The van der Waals surface area contributed by atoms with Crippen LogP contribution in [0.4, 0.5) is 13.2 Å². The Morgan fingerprint density at radius 2 is 1.72 bits per heavy atom. The fourth-order valence-electron chi connectivity index (χ4n) is 1.69. The molecule has 1 unspecified atom stereocenters. The second kappa shape index (κ2) is 5.03. The van der Waals surface area contributed by atoms with Crippen LogP contribution >= 0.6 is 27.3 Å². The molecule has 0 amide bonds. The molecule has 0 saturated heterocycles. The third-order valence-corrected chi connectivity index (χ3v) is 4.53. The van der Waals surface area contributed by atoms with E-state index < -0.39 is 23.5 Å². The van der Waals surface area contributed by atoms with E-state index in [0.717, 1.165) is 4.88 Å². The maximum atomic E-state index is 13.6. The van der Waals surface area contributed by atoms with Crippen molar-refractivity contribution in [1.29, 1.82) is 0 Å². The van der Waals surface area contributed by atoms with Gasteiger partial charge in [0.25, 0.3) is 0 Å². The molecule has 0 spiro atoms. The Hall–Kier alpha value is -0.850. The number of rotatable bonds is 2. The second-order valence-electron chi connectivity index (χ2n) is 3.83. The minimum atomic E-state index is -0.974. The predicted molar refractivity (Wildman–Crippen MR) is 69.1 cm³/mol. The molecular weight excluding hydrogens is 327 g/mol. The van der Waals surface area contributed by atoms with E-state index in [1.54, 1.807) is 0 Å². The highest BCUT2D eigenvalue weighted by molar-refractivity contribution is 9.10. The molecule has 0 aliphatic carbocycles. The van der Waals surface area contributed by atoms with Gasteiger partial charge in [-0.1, -0.05) is 0 Å².